The summed E-state index contributed by atoms with van der Waals surface area (Å²) in [6, 6.07) is 0. The van der Waals surface area contributed by atoms with Crippen molar-refractivity contribution in [3.63, 3.8) is 0 Å². The van der Waals surface area contributed by atoms with E-state index in [1.807, 2.05) is 0 Å². The zero-order valence-corrected chi connectivity index (χ0v) is 9.81. The van der Waals surface area contributed by atoms with Gasteiger partial charge in [-0.1, -0.05) is 46.0 Å². The lowest BCUT2D eigenvalue weighted by Gasteiger charge is -2.44. The molecule has 0 radical (unpaired) electrons. The molecule has 1 saturated carbocycles. The SMILES string of the molecule is CCC1(C)CCNCC1C1CCCC1. The van der Waals surface area contributed by atoms with Gasteiger partial charge in [-0.3, -0.25) is 0 Å². The third kappa shape index (κ3) is 1.84. The van der Waals surface area contributed by atoms with Crippen molar-refractivity contribution in [3.8, 4) is 0 Å². The van der Waals surface area contributed by atoms with Crippen LogP contribution in [0.1, 0.15) is 52.4 Å². The van der Waals surface area contributed by atoms with Crippen molar-refractivity contribution in [2.24, 2.45) is 17.3 Å². The van der Waals surface area contributed by atoms with E-state index in [-0.39, 0.29) is 0 Å². The molecular weight excluding hydrogens is 170 g/mol. The Kier molecular flexibility index (Phi) is 3.16. The van der Waals surface area contributed by atoms with Gasteiger partial charge in [-0.05, 0) is 36.8 Å². The van der Waals surface area contributed by atoms with Gasteiger partial charge in [0.2, 0.25) is 0 Å². The number of piperidine rings is 1. The number of hydrogen-bond acceptors (Lipinski definition) is 1. The van der Waals surface area contributed by atoms with Crippen molar-refractivity contribution in [3.05, 3.63) is 0 Å². The Hall–Kier alpha value is -0.0400. The molecule has 1 aliphatic heterocycles. The molecule has 0 spiro atoms. The highest BCUT2D eigenvalue weighted by Crippen LogP contribution is 2.45. The van der Waals surface area contributed by atoms with Gasteiger partial charge in [0.1, 0.15) is 0 Å². The molecule has 0 aromatic carbocycles. The highest BCUT2D eigenvalue weighted by Gasteiger charge is 2.40. The molecule has 2 rings (SSSR count). The summed E-state index contributed by atoms with van der Waals surface area (Å²) in [4.78, 5) is 0. The van der Waals surface area contributed by atoms with Gasteiger partial charge < -0.3 is 5.32 Å². The van der Waals surface area contributed by atoms with E-state index in [1.165, 1.54) is 51.6 Å². The first-order valence-electron chi connectivity index (χ1n) is 6.47. The standard InChI is InChI=1S/C13H25N/c1-3-13(2)8-9-14-10-12(13)11-6-4-5-7-11/h11-12,14H,3-10H2,1-2H3. The van der Waals surface area contributed by atoms with Crippen LogP contribution in [-0.4, -0.2) is 13.1 Å². The maximum atomic E-state index is 3.60. The van der Waals surface area contributed by atoms with Crippen LogP contribution in [0.3, 0.4) is 0 Å². The first-order valence-corrected chi connectivity index (χ1v) is 6.47. The van der Waals surface area contributed by atoms with Crippen LogP contribution in [0, 0.1) is 17.3 Å². The molecule has 1 aliphatic carbocycles. The Balaban J connectivity index is 2.05. The van der Waals surface area contributed by atoms with Crippen molar-refractivity contribution in [1.29, 1.82) is 0 Å². The zero-order chi connectivity index (χ0) is 10.0. The summed E-state index contributed by atoms with van der Waals surface area (Å²) in [5.74, 6) is 2.00. The molecule has 2 atom stereocenters. The summed E-state index contributed by atoms with van der Waals surface area (Å²) in [5, 5.41) is 3.60. The molecule has 0 amide bonds. The van der Waals surface area contributed by atoms with Gasteiger partial charge in [0.05, 0.1) is 0 Å². The average Bonchev–Trinajstić information content (AvgIpc) is 2.71. The van der Waals surface area contributed by atoms with Crippen LogP contribution in [0.5, 0.6) is 0 Å². The Bertz CT molecular complexity index is 184. The molecule has 2 unspecified atom stereocenters. The predicted octanol–water partition coefficient (Wildman–Crippen LogP) is 3.20. The highest BCUT2D eigenvalue weighted by molar-refractivity contribution is 4.92. The molecule has 1 N–H and O–H groups in total. The first kappa shape index (κ1) is 10.5. The summed E-state index contributed by atoms with van der Waals surface area (Å²) >= 11 is 0. The van der Waals surface area contributed by atoms with Crippen LogP contribution in [-0.2, 0) is 0 Å². The maximum Gasteiger partial charge on any atom is -0.00126 e. The summed E-state index contributed by atoms with van der Waals surface area (Å²) < 4.78 is 0. The zero-order valence-electron chi connectivity index (χ0n) is 9.81. The molecule has 1 nitrogen and oxygen atoms in total. The van der Waals surface area contributed by atoms with E-state index in [4.69, 9.17) is 0 Å². The van der Waals surface area contributed by atoms with E-state index in [9.17, 15) is 0 Å². The second-order valence-corrected chi connectivity index (χ2v) is 5.61. The van der Waals surface area contributed by atoms with Gasteiger partial charge in [0, 0.05) is 0 Å². The van der Waals surface area contributed by atoms with E-state index >= 15 is 0 Å². The predicted molar refractivity (Wildman–Crippen MR) is 61.3 cm³/mol. The fraction of sp³-hybridized carbons (Fsp3) is 1.00. The van der Waals surface area contributed by atoms with E-state index in [2.05, 4.69) is 19.2 Å². The Labute approximate surface area is 88.7 Å². The van der Waals surface area contributed by atoms with Gasteiger partial charge in [-0.15, -0.1) is 0 Å². The van der Waals surface area contributed by atoms with Gasteiger partial charge in [0.15, 0.2) is 0 Å². The smallest absolute Gasteiger partial charge is 0.00126 e. The van der Waals surface area contributed by atoms with Crippen molar-refractivity contribution in [1.82, 2.24) is 5.32 Å². The quantitative estimate of drug-likeness (QED) is 0.713. The Morgan fingerprint density at radius 3 is 2.64 bits per heavy atom. The van der Waals surface area contributed by atoms with E-state index in [0.717, 1.165) is 11.8 Å². The van der Waals surface area contributed by atoms with Gasteiger partial charge in [-0.2, -0.15) is 0 Å². The second-order valence-electron chi connectivity index (χ2n) is 5.61. The lowest BCUT2D eigenvalue weighted by Crippen LogP contribution is -2.46. The Morgan fingerprint density at radius 1 is 1.29 bits per heavy atom. The molecular formula is C13H25N. The van der Waals surface area contributed by atoms with Gasteiger partial charge >= 0.3 is 0 Å². The van der Waals surface area contributed by atoms with Gasteiger partial charge in [0.25, 0.3) is 0 Å². The largest absolute Gasteiger partial charge is 0.316 e. The Morgan fingerprint density at radius 2 is 2.00 bits per heavy atom. The topological polar surface area (TPSA) is 12.0 Å². The lowest BCUT2D eigenvalue weighted by atomic mass is 9.65. The van der Waals surface area contributed by atoms with E-state index < -0.39 is 0 Å². The normalized spacial score (nSPS) is 40.3. The molecule has 1 heteroatoms. The van der Waals surface area contributed by atoms with E-state index in [1.54, 1.807) is 0 Å². The summed E-state index contributed by atoms with van der Waals surface area (Å²) in [6.07, 6.45) is 8.74. The molecule has 0 bridgehead atoms. The monoisotopic (exact) mass is 195 g/mol. The third-order valence-electron chi connectivity index (χ3n) is 4.91. The van der Waals surface area contributed by atoms with Crippen LogP contribution in [0.2, 0.25) is 0 Å². The molecule has 0 aromatic rings. The molecule has 1 saturated heterocycles. The van der Waals surface area contributed by atoms with Crippen LogP contribution < -0.4 is 5.32 Å². The summed E-state index contributed by atoms with van der Waals surface area (Å²) in [6.45, 7) is 7.44. The van der Waals surface area contributed by atoms with Crippen molar-refractivity contribution in [2.75, 3.05) is 13.1 Å². The summed E-state index contributed by atoms with van der Waals surface area (Å²) in [7, 11) is 0. The average molecular weight is 195 g/mol. The first-order chi connectivity index (χ1) is 6.76. The second kappa shape index (κ2) is 4.22. The minimum Gasteiger partial charge on any atom is -0.316 e. The molecule has 82 valence electrons. The number of hydrogen-bond donors (Lipinski definition) is 1. The van der Waals surface area contributed by atoms with Crippen molar-refractivity contribution >= 4 is 0 Å². The van der Waals surface area contributed by atoms with Crippen molar-refractivity contribution in [2.45, 2.75) is 52.4 Å². The molecule has 2 fully saturated rings. The van der Waals surface area contributed by atoms with E-state index in [0.29, 0.717) is 5.41 Å². The molecule has 14 heavy (non-hydrogen) atoms. The minimum absolute atomic E-state index is 0.639. The van der Waals surface area contributed by atoms with Crippen LogP contribution >= 0.6 is 0 Å². The molecule has 0 aromatic heterocycles. The minimum atomic E-state index is 0.639. The number of rotatable bonds is 2. The van der Waals surface area contributed by atoms with Crippen LogP contribution in [0.25, 0.3) is 0 Å². The van der Waals surface area contributed by atoms with Crippen LogP contribution in [0.4, 0.5) is 0 Å². The highest BCUT2D eigenvalue weighted by atomic mass is 14.9. The third-order valence-corrected chi connectivity index (χ3v) is 4.91. The molecule has 1 heterocycles. The fourth-order valence-corrected chi connectivity index (χ4v) is 3.60. The lowest BCUT2D eigenvalue weighted by molar-refractivity contribution is 0.0744. The van der Waals surface area contributed by atoms with Gasteiger partial charge in [-0.25, -0.2) is 0 Å². The van der Waals surface area contributed by atoms with Crippen molar-refractivity contribution < 1.29 is 0 Å². The maximum absolute atomic E-state index is 3.60. The fourth-order valence-electron chi connectivity index (χ4n) is 3.60. The molecule has 2 aliphatic rings. The number of nitrogens with one attached hydrogen (secondary N) is 1. The summed E-state index contributed by atoms with van der Waals surface area (Å²) in [5.41, 5.74) is 0.639. The van der Waals surface area contributed by atoms with Crippen LogP contribution in [0.15, 0.2) is 0 Å².